The van der Waals surface area contributed by atoms with Crippen LogP contribution in [0.1, 0.15) is 31.5 Å². The molecule has 0 amide bonds. The molecule has 5 nitrogen and oxygen atoms in total. The maximum atomic E-state index is 13.2. The SMILES string of the molecule is CCCc1[nH]n(-c2nc3ccccc3s2)c(=O)c1C(C)=Nc1cccc(Br)c1. The molecule has 0 saturated carbocycles. The van der Waals surface area contributed by atoms with Gasteiger partial charge in [-0.2, -0.15) is 4.68 Å². The van der Waals surface area contributed by atoms with E-state index in [1.54, 1.807) is 4.68 Å². The molecular formula is C21H19BrN4OS. The fourth-order valence-corrected chi connectivity index (χ4v) is 4.48. The number of aromatic amines is 1. The largest absolute Gasteiger partial charge is 0.292 e. The number of halogens is 1. The molecule has 0 fully saturated rings. The second-order valence-corrected chi connectivity index (χ2v) is 8.42. The molecule has 0 unspecified atom stereocenters. The highest BCUT2D eigenvalue weighted by Gasteiger charge is 2.19. The highest BCUT2D eigenvalue weighted by molar-refractivity contribution is 9.10. The number of H-pyrrole nitrogens is 1. The third-order valence-corrected chi connectivity index (χ3v) is 5.92. The molecule has 1 N–H and O–H groups in total. The fourth-order valence-electron chi connectivity index (χ4n) is 3.17. The van der Waals surface area contributed by atoms with E-state index in [1.807, 2.05) is 55.5 Å². The highest BCUT2D eigenvalue weighted by Crippen LogP contribution is 2.24. The van der Waals surface area contributed by atoms with Gasteiger partial charge in [-0.05, 0) is 43.7 Å². The van der Waals surface area contributed by atoms with Gasteiger partial charge >= 0.3 is 0 Å². The summed E-state index contributed by atoms with van der Waals surface area (Å²) >= 11 is 4.96. The van der Waals surface area contributed by atoms with Crippen molar-refractivity contribution < 1.29 is 0 Å². The lowest BCUT2D eigenvalue weighted by molar-refractivity contribution is 0.790. The number of hydrogen-bond donors (Lipinski definition) is 1. The minimum Gasteiger partial charge on any atom is -0.292 e. The van der Waals surface area contributed by atoms with Crippen LogP contribution in [0.4, 0.5) is 5.69 Å². The van der Waals surface area contributed by atoms with Crippen molar-refractivity contribution in [3.8, 4) is 5.13 Å². The Hall–Kier alpha value is -2.51. The third kappa shape index (κ3) is 3.59. The van der Waals surface area contributed by atoms with Crippen molar-refractivity contribution >= 4 is 48.9 Å². The predicted molar refractivity (Wildman–Crippen MR) is 120 cm³/mol. The normalized spacial score (nSPS) is 12.0. The van der Waals surface area contributed by atoms with Crippen LogP contribution in [0.15, 0.2) is 62.8 Å². The van der Waals surface area contributed by atoms with E-state index >= 15 is 0 Å². The summed E-state index contributed by atoms with van der Waals surface area (Å²) in [5.74, 6) is 0. The Kier molecular flexibility index (Phi) is 5.28. The number of para-hydroxylation sites is 1. The molecule has 4 rings (SSSR count). The first-order valence-electron chi connectivity index (χ1n) is 9.08. The van der Waals surface area contributed by atoms with Crippen LogP contribution in [-0.4, -0.2) is 20.5 Å². The van der Waals surface area contributed by atoms with Crippen molar-refractivity contribution in [1.29, 1.82) is 0 Å². The van der Waals surface area contributed by atoms with Gasteiger partial charge in [0.2, 0.25) is 5.13 Å². The van der Waals surface area contributed by atoms with E-state index in [1.165, 1.54) is 11.3 Å². The van der Waals surface area contributed by atoms with Crippen molar-refractivity contribution in [2.45, 2.75) is 26.7 Å². The van der Waals surface area contributed by atoms with E-state index in [9.17, 15) is 4.79 Å². The molecule has 28 heavy (non-hydrogen) atoms. The summed E-state index contributed by atoms with van der Waals surface area (Å²) in [7, 11) is 0. The Bertz CT molecular complexity index is 1200. The highest BCUT2D eigenvalue weighted by atomic mass is 79.9. The zero-order chi connectivity index (χ0) is 19.7. The maximum absolute atomic E-state index is 13.2. The Morgan fingerprint density at radius 3 is 2.82 bits per heavy atom. The van der Waals surface area contributed by atoms with E-state index < -0.39 is 0 Å². The lowest BCUT2D eigenvalue weighted by Gasteiger charge is -2.01. The van der Waals surface area contributed by atoms with Gasteiger partial charge in [0.15, 0.2) is 0 Å². The van der Waals surface area contributed by atoms with Gasteiger partial charge in [-0.15, -0.1) is 0 Å². The maximum Gasteiger partial charge on any atom is 0.282 e. The Morgan fingerprint density at radius 2 is 2.07 bits per heavy atom. The van der Waals surface area contributed by atoms with Crippen LogP contribution in [0.2, 0.25) is 0 Å². The van der Waals surface area contributed by atoms with Gasteiger partial charge in [-0.1, -0.05) is 58.8 Å². The first-order valence-corrected chi connectivity index (χ1v) is 10.7. The summed E-state index contributed by atoms with van der Waals surface area (Å²) in [5, 5.41) is 3.91. The molecule has 0 bridgehead atoms. The number of aliphatic imine (C=N–C) groups is 1. The lowest BCUT2D eigenvalue weighted by Crippen LogP contribution is -2.19. The number of benzene rings is 2. The van der Waals surface area contributed by atoms with Gasteiger partial charge in [-0.25, -0.2) is 4.98 Å². The van der Waals surface area contributed by atoms with Gasteiger partial charge in [0.25, 0.3) is 5.56 Å². The van der Waals surface area contributed by atoms with Crippen LogP contribution in [0.3, 0.4) is 0 Å². The molecule has 7 heteroatoms. The van der Waals surface area contributed by atoms with Gasteiger partial charge in [-0.3, -0.25) is 14.9 Å². The van der Waals surface area contributed by atoms with Crippen LogP contribution in [0, 0.1) is 0 Å². The molecular weight excluding hydrogens is 436 g/mol. The number of nitrogens with zero attached hydrogens (tertiary/aromatic N) is 3. The van der Waals surface area contributed by atoms with Crippen molar-refractivity contribution in [1.82, 2.24) is 14.8 Å². The molecule has 0 atom stereocenters. The molecule has 0 aliphatic heterocycles. The monoisotopic (exact) mass is 454 g/mol. The van der Waals surface area contributed by atoms with Crippen LogP contribution >= 0.6 is 27.3 Å². The molecule has 2 aromatic heterocycles. The van der Waals surface area contributed by atoms with Crippen LogP contribution in [0.5, 0.6) is 0 Å². The lowest BCUT2D eigenvalue weighted by atomic mass is 10.1. The standard InChI is InChI=1S/C21H19BrN4OS/c1-3-7-17-19(13(2)23-15-9-6-8-14(22)12-15)20(27)26(25-17)21-24-16-10-4-5-11-18(16)28-21/h4-6,8-12,25H,3,7H2,1-2H3. The molecule has 2 aromatic carbocycles. The second-order valence-electron chi connectivity index (χ2n) is 6.50. The summed E-state index contributed by atoms with van der Waals surface area (Å²) in [6.45, 7) is 3.98. The summed E-state index contributed by atoms with van der Waals surface area (Å²) in [4.78, 5) is 22.5. The van der Waals surface area contributed by atoms with E-state index in [4.69, 9.17) is 0 Å². The molecule has 0 aliphatic rings. The summed E-state index contributed by atoms with van der Waals surface area (Å²) in [6, 6.07) is 15.6. The molecule has 2 heterocycles. The molecule has 0 aliphatic carbocycles. The number of aryl methyl sites for hydroxylation is 1. The summed E-state index contributed by atoms with van der Waals surface area (Å²) in [5.41, 5.74) is 3.80. The molecule has 142 valence electrons. The van der Waals surface area contributed by atoms with Crippen molar-refractivity contribution in [3.05, 3.63) is 74.6 Å². The first kappa shape index (κ1) is 18.8. The summed E-state index contributed by atoms with van der Waals surface area (Å²) < 4.78 is 3.55. The summed E-state index contributed by atoms with van der Waals surface area (Å²) in [6.07, 6.45) is 1.70. The average Bonchev–Trinajstić information content (AvgIpc) is 3.23. The van der Waals surface area contributed by atoms with Crippen molar-refractivity contribution in [3.63, 3.8) is 0 Å². The van der Waals surface area contributed by atoms with Crippen molar-refractivity contribution in [2.24, 2.45) is 4.99 Å². The quantitative estimate of drug-likeness (QED) is 0.397. The molecule has 0 saturated heterocycles. The van der Waals surface area contributed by atoms with Crippen LogP contribution < -0.4 is 5.56 Å². The van der Waals surface area contributed by atoms with E-state index in [0.29, 0.717) is 16.4 Å². The minimum absolute atomic E-state index is 0.112. The Balaban J connectivity index is 1.84. The average molecular weight is 455 g/mol. The molecule has 4 aromatic rings. The van der Waals surface area contributed by atoms with E-state index in [-0.39, 0.29) is 5.56 Å². The number of hydrogen-bond acceptors (Lipinski definition) is 4. The fraction of sp³-hybridized carbons (Fsp3) is 0.190. The van der Waals surface area contributed by atoms with Gasteiger partial charge < -0.3 is 0 Å². The number of thiazole rings is 1. The second kappa shape index (κ2) is 7.85. The molecule has 0 spiro atoms. The molecule has 0 radical (unpaired) electrons. The predicted octanol–water partition coefficient (Wildman–Crippen LogP) is 5.63. The van der Waals surface area contributed by atoms with Crippen LogP contribution in [-0.2, 0) is 6.42 Å². The number of nitrogens with one attached hydrogen (secondary N) is 1. The van der Waals surface area contributed by atoms with Gasteiger partial charge in [0.05, 0.1) is 27.2 Å². The first-order chi connectivity index (χ1) is 13.6. The van der Waals surface area contributed by atoms with Gasteiger partial charge in [0.1, 0.15) is 0 Å². The third-order valence-electron chi connectivity index (χ3n) is 4.41. The minimum atomic E-state index is -0.112. The van der Waals surface area contributed by atoms with E-state index in [0.717, 1.165) is 38.9 Å². The van der Waals surface area contributed by atoms with Crippen LogP contribution in [0.25, 0.3) is 15.3 Å². The number of fused-ring (bicyclic) bond motifs is 1. The van der Waals surface area contributed by atoms with Crippen molar-refractivity contribution in [2.75, 3.05) is 0 Å². The topological polar surface area (TPSA) is 63.0 Å². The van der Waals surface area contributed by atoms with E-state index in [2.05, 4.69) is 37.9 Å². The Labute approximate surface area is 174 Å². The number of rotatable bonds is 5. The zero-order valence-electron chi connectivity index (χ0n) is 15.6. The number of aromatic nitrogens is 3. The van der Waals surface area contributed by atoms with Gasteiger partial charge in [0, 0.05) is 10.2 Å². The smallest absolute Gasteiger partial charge is 0.282 e. The Morgan fingerprint density at radius 1 is 1.25 bits per heavy atom. The zero-order valence-corrected chi connectivity index (χ0v) is 18.0.